The summed E-state index contributed by atoms with van der Waals surface area (Å²) in [5.41, 5.74) is 1.71. The van der Waals surface area contributed by atoms with E-state index in [4.69, 9.17) is 4.18 Å². The maximum absolute atomic E-state index is 15.0. The van der Waals surface area contributed by atoms with Crippen LogP contribution in [0.4, 0.5) is 0 Å². The van der Waals surface area contributed by atoms with Crippen LogP contribution in [0.2, 0.25) is 0 Å². The van der Waals surface area contributed by atoms with Crippen LogP contribution < -0.4 is 4.18 Å². The van der Waals surface area contributed by atoms with Crippen LogP contribution in [0.3, 0.4) is 0 Å². The molecule has 0 saturated heterocycles. The van der Waals surface area contributed by atoms with Gasteiger partial charge in [0.1, 0.15) is 9.79 Å². The van der Waals surface area contributed by atoms with E-state index in [9.17, 15) is 21.4 Å². The minimum Gasteiger partial charge on any atom is -0.378 e. The quantitative estimate of drug-likeness (QED) is 0.114. The fourth-order valence-corrected chi connectivity index (χ4v) is 10.2. The smallest absolute Gasteiger partial charge is 0.339 e. The Bertz CT molecular complexity index is 2050. The number of hydrogen-bond donors (Lipinski definition) is 1. The van der Waals surface area contributed by atoms with Crippen molar-refractivity contribution in [3.05, 3.63) is 90.0 Å². The SMILES string of the molecule is O=S(=O)(O)c1c2ccccc2c(OS(=O)(=O)c2c(C3CCCCC3)cc3ccccc3c2C2CCCCC2)c2ccccc12. The molecule has 228 valence electrons. The van der Waals surface area contributed by atoms with Crippen LogP contribution in [-0.2, 0) is 20.2 Å². The Kier molecular flexibility index (Phi) is 7.63. The second kappa shape index (κ2) is 11.5. The van der Waals surface area contributed by atoms with E-state index in [1.807, 2.05) is 18.2 Å². The summed E-state index contributed by atoms with van der Waals surface area (Å²) in [5, 5.41) is 3.04. The summed E-state index contributed by atoms with van der Waals surface area (Å²) >= 11 is 0. The Balaban J connectivity index is 1.52. The van der Waals surface area contributed by atoms with Gasteiger partial charge < -0.3 is 4.18 Å². The van der Waals surface area contributed by atoms with Crippen molar-refractivity contribution < 1.29 is 25.6 Å². The molecule has 6 nitrogen and oxygen atoms in total. The highest BCUT2D eigenvalue weighted by atomic mass is 32.2. The van der Waals surface area contributed by atoms with E-state index in [0.29, 0.717) is 15.7 Å². The molecule has 0 radical (unpaired) electrons. The molecule has 0 heterocycles. The zero-order valence-electron chi connectivity index (χ0n) is 24.5. The maximum atomic E-state index is 15.0. The fourth-order valence-electron chi connectivity index (χ4n) is 7.74. The van der Waals surface area contributed by atoms with Crippen molar-refractivity contribution >= 4 is 52.6 Å². The number of fused-ring (bicyclic) bond motifs is 3. The molecule has 0 amide bonds. The van der Waals surface area contributed by atoms with Crippen LogP contribution >= 0.6 is 0 Å². The van der Waals surface area contributed by atoms with Gasteiger partial charge in [-0.25, -0.2) is 0 Å². The largest absolute Gasteiger partial charge is 0.378 e. The zero-order chi connectivity index (χ0) is 30.5. The van der Waals surface area contributed by atoms with Crippen molar-refractivity contribution in [2.45, 2.75) is 85.8 Å². The lowest BCUT2D eigenvalue weighted by molar-refractivity contribution is 0.422. The first-order valence-electron chi connectivity index (χ1n) is 15.6. The minimum atomic E-state index is -4.64. The molecular weight excluding hydrogens is 593 g/mol. The summed E-state index contributed by atoms with van der Waals surface area (Å²) in [6, 6.07) is 23.4. The van der Waals surface area contributed by atoms with Crippen molar-refractivity contribution in [1.82, 2.24) is 0 Å². The van der Waals surface area contributed by atoms with E-state index in [0.717, 1.165) is 86.1 Å². The predicted molar refractivity (Wildman–Crippen MR) is 175 cm³/mol. The molecule has 2 saturated carbocycles. The van der Waals surface area contributed by atoms with Gasteiger partial charge in [0.25, 0.3) is 10.1 Å². The van der Waals surface area contributed by atoms with E-state index in [2.05, 4.69) is 12.1 Å². The molecule has 0 unspecified atom stereocenters. The van der Waals surface area contributed by atoms with Crippen molar-refractivity contribution in [3.8, 4) is 5.75 Å². The average molecular weight is 629 g/mol. The molecule has 44 heavy (non-hydrogen) atoms. The van der Waals surface area contributed by atoms with Gasteiger partial charge in [0.2, 0.25) is 0 Å². The molecule has 7 rings (SSSR count). The molecule has 0 bridgehead atoms. The number of rotatable bonds is 6. The first-order valence-corrected chi connectivity index (χ1v) is 18.5. The van der Waals surface area contributed by atoms with Crippen molar-refractivity contribution in [3.63, 3.8) is 0 Å². The standard InChI is InChI=1S/C36H36O6S2/c37-43(38,39)35-30-21-11-9-19-28(30)34(29-20-10-12-22-31(29)35)42-44(40,41)36-32(24-13-3-1-4-14-24)23-26-17-7-8-18-27(26)33(36)25-15-5-2-6-16-25/h7-12,17-25H,1-6,13-16H2,(H,37,38,39). The molecule has 1 N–H and O–H groups in total. The normalized spacial score (nSPS) is 17.4. The summed E-state index contributed by atoms with van der Waals surface area (Å²) in [7, 11) is -9.05. The van der Waals surface area contributed by atoms with Crippen LogP contribution in [-0.4, -0.2) is 21.4 Å². The third-order valence-electron chi connectivity index (χ3n) is 9.66. The molecule has 5 aromatic carbocycles. The van der Waals surface area contributed by atoms with Crippen molar-refractivity contribution in [1.29, 1.82) is 0 Å². The van der Waals surface area contributed by atoms with Gasteiger partial charge in [-0.2, -0.15) is 16.8 Å². The lowest BCUT2D eigenvalue weighted by Crippen LogP contribution is -2.20. The van der Waals surface area contributed by atoms with Gasteiger partial charge in [0.05, 0.1) is 0 Å². The molecule has 5 aromatic rings. The third kappa shape index (κ3) is 5.17. The molecule has 2 aliphatic carbocycles. The predicted octanol–water partition coefficient (Wildman–Crippen LogP) is 9.26. The highest BCUT2D eigenvalue weighted by Crippen LogP contribution is 2.48. The fraction of sp³-hybridized carbons (Fsp3) is 0.333. The summed E-state index contributed by atoms with van der Waals surface area (Å²) in [5.74, 6) is 0.279. The van der Waals surface area contributed by atoms with E-state index in [1.54, 1.807) is 48.5 Å². The highest BCUT2D eigenvalue weighted by molar-refractivity contribution is 7.87. The van der Waals surface area contributed by atoms with Crippen LogP contribution in [0.25, 0.3) is 32.3 Å². The monoisotopic (exact) mass is 628 g/mol. The van der Waals surface area contributed by atoms with E-state index < -0.39 is 20.2 Å². The van der Waals surface area contributed by atoms with Gasteiger partial charge in [0, 0.05) is 21.5 Å². The highest BCUT2D eigenvalue weighted by Gasteiger charge is 2.35. The van der Waals surface area contributed by atoms with Gasteiger partial charge in [-0.05, 0) is 65.5 Å². The minimum absolute atomic E-state index is 0.0703. The molecule has 0 aliphatic heterocycles. The maximum Gasteiger partial charge on any atom is 0.339 e. The van der Waals surface area contributed by atoms with Gasteiger partial charge in [-0.15, -0.1) is 0 Å². The zero-order valence-corrected chi connectivity index (χ0v) is 26.2. The Morgan fingerprint density at radius 3 is 1.59 bits per heavy atom. The van der Waals surface area contributed by atoms with E-state index >= 15 is 0 Å². The summed E-state index contributed by atoms with van der Waals surface area (Å²) in [4.78, 5) is 0.0342. The molecular formula is C36H36O6S2. The Labute approximate surface area is 258 Å². The third-order valence-corrected chi connectivity index (χ3v) is 12.0. The molecule has 2 aliphatic rings. The van der Waals surface area contributed by atoms with Crippen LogP contribution in [0, 0.1) is 0 Å². The average Bonchev–Trinajstić information content (AvgIpc) is 3.04. The second-order valence-corrected chi connectivity index (χ2v) is 15.2. The number of benzene rings is 5. The van der Waals surface area contributed by atoms with E-state index in [-0.39, 0.29) is 33.3 Å². The number of hydrogen-bond acceptors (Lipinski definition) is 5. The van der Waals surface area contributed by atoms with Gasteiger partial charge in [-0.1, -0.05) is 111 Å². The molecule has 0 aromatic heterocycles. The lowest BCUT2D eigenvalue weighted by atomic mass is 9.78. The van der Waals surface area contributed by atoms with Gasteiger partial charge in [0.15, 0.2) is 5.75 Å². The Morgan fingerprint density at radius 1 is 0.568 bits per heavy atom. The van der Waals surface area contributed by atoms with Crippen molar-refractivity contribution in [2.24, 2.45) is 0 Å². The summed E-state index contributed by atoms with van der Waals surface area (Å²) in [6.07, 6.45) is 10.2. The second-order valence-electron chi connectivity index (χ2n) is 12.4. The van der Waals surface area contributed by atoms with Gasteiger partial charge >= 0.3 is 10.1 Å². The Hall–Kier alpha value is -3.46. The molecule has 2 fully saturated rings. The first-order chi connectivity index (χ1) is 21.2. The summed E-state index contributed by atoms with van der Waals surface area (Å²) in [6.45, 7) is 0. The summed E-state index contributed by atoms with van der Waals surface area (Å²) < 4.78 is 71.7. The van der Waals surface area contributed by atoms with Crippen molar-refractivity contribution in [2.75, 3.05) is 0 Å². The van der Waals surface area contributed by atoms with Gasteiger partial charge in [-0.3, -0.25) is 4.55 Å². The van der Waals surface area contributed by atoms with Crippen LogP contribution in [0.1, 0.15) is 87.2 Å². The Morgan fingerprint density at radius 2 is 1.05 bits per heavy atom. The molecule has 0 spiro atoms. The molecule has 0 atom stereocenters. The lowest BCUT2D eigenvalue weighted by Gasteiger charge is -2.30. The first kappa shape index (κ1) is 29.3. The molecule has 8 heteroatoms. The van der Waals surface area contributed by atoms with Crippen LogP contribution in [0.5, 0.6) is 5.75 Å². The van der Waals surface area contributed by atoms with Crippen LogP contribution in [0.15, 0.2) is 88.7 Å². The topological polar surface area (TPSA) is 97.7 Å². The van der Waals surface area contributed by atoms with E-state index in [1.165, 1.54) is 0 Å².